The number of benzene rings is 2. The molecule has 0 unspecified atom stereocenters. The van der Waals surface area contributed by atoms with E-state index in [-0.39, 0.29) is 24.8 Å². The van der Waals surface area contributed by atoms with Crippen molar-refractivity contribution < 1.29 is 22.8 Å². The number of anilines is 2. The molecule has 0 spiro atoms. The molecular formula is C31H36F3N5O2. The Kier molecular flexibility index (Phi) is 9.99. The van der Waals surface area contributed by atoms with Crippen molar-refractivity contribution in [2.75, 3.05) is 49.6 Å². The lowest BCUT2D eigenvalue weighted by atomic mass is 10.1. The zero-order valence-corrected chi connectivity index (χ0v) is 23.5. The Bertz CT molecular complexity index is 1320. The molecule has 0 fully saturated rings. The summed E-state index contributed by atoms with van der Waals surface area (Å²) in [5.41, 5.74) is 2.41. The second-order valence-corrected chi connectivity index (χ2v) is 10.3. The fourth-order valence-corrected chi connectivity index (χ4v) is 5.06. The minimum atomic E-state index is -4.43. The molecule has 41 heavy (non-hydrogen) atoms. The lowest BCUT2D eigenvalue weighted by Gasteiger charge is -2.29. The van der Waals surface area contributed by atoms with Crippen LogP contribution in [0.2, 0.25) is 0 Å². The zero-order valence-electron chi connectivity index (χ0n) is 23.5. The van der Waals surface area contributed by atoms with Crippen LogP contribution >= 0.6 is 0 Å². The average Bonchev–Trinajstić information content (AvgIpc) is 2.99. The smallest absolute Gasteiger partial charge is 0.374 e. The van der Waals surface area contributed by atoms with Crippen LogP contribution in [-0.2, 0) is 28.9 Å². The summed E-state index contributed by atoms with van der Waals surface area (Å²) >= 11 is 0. The van der Waals surface area contributed by atoms with E-state index in [0.29, 0.717) is 38.4 Å². The number of fused-ring (bicyclic) bond motifs is 1. The van der Waals surface area contributed by atoms with E-state index in [2.05, 4.69) is 9.88 Å². The first-order chi connectivity index (χ1) is 19.6. The number of aromatic nitrogens is 1. The van der Waals surface area contributed by atoms with Gasteiger partial charge in [0.2, 0.25) is 11.8 Å². The van der Waals surface area contributed by atoms with Crippen molar-refractivity contribution in [2.45, 2.75) is 39.0 Å². The van der Waals surface area contributed by atoms with E-state index in [1.807, 2.05) is 42.6 Å². The summed E-state index contributed by atoms with van der Waals surface area (Å²) in [5.74, 6) is -0.162. The average molecular weight is 568 g/mol. The van der Waals surface area contributed by atoms with Crippen LogP contribution in [0, 0.1) is 0 Å². The van der Waals surface area contributed by atoms with Crippen molar-refractivity contribution in [2.24, 2.45) is 0 Å². The van der Waals surface area contributed by atoms with Crippen LogP contribution in [0.25, 0.3) is 0 Å². The third kappa shape index (κ3) is 8.29. The molecular weight excluding hydrogens is 531 g/mol. The number of rotatable bonds is 6. The topological polar surface area (TPSA) is 60.0 Å². The van der Waals surface area contributed by atoms with Gasteiger partial charge in [-0.25, -0.2) is 0 Å². The molecule has 1 aliphatic rings. The normalized spacial score (nSPS) is 15.1. The van der Waals surface area contributed by atoms with Gasteiger partial charge in [0.25, 0.3) is 0 Å². The molecule has 0 saturated heterocycles. The monoisotopic (exact) mass is 567 g/mol. The van der Waals surface area contributed by atoms with Gasteiger partial charge in [-0.1, -0.05) is 30.3 Å². The molecule has 2 amide bonds. The predicted molar refractivity (Wildman–Crippen MR) is 153 cm³/mol. The first-order valence-corrected chi connectivity index (χ1v) is 13.8. The van der Waals surface area contributed by atoms with Crippen molar-refractivity contribution >= 4 is 23.2 Å². The fourth-order valence-electron chi connectivity index (χ4n) is 5.06. The summed E-state index contributed by atoms with van der Waals surface area (Å²) in [6.07, 6.45) is 0.0261. The van der Waals surface area contributed by atoms with Crippen LogP contribution in [0.5, 0.6) is 0 Å². The number of nitrogens with zero attached hydrogens (tertiary/aromatic N) is 5. The van der Waals surface area contributed by atoms with E-state index in [1.54, 1.807) is 40.9 Å². The second-order valence-electron chi connectivity index (χ2n) is 10.3. The Morgan fingerprint density at radius 2 is 1.78 bits per heavy atom. The summed E-state index contributed by atoms with van der Waals surface area (Å²) in [6.45, 7) is 5.21. The Morgan fingerprint density at radius 3 is 2.51 bits per heavy atom. The summed E-state index contributed by atoms with van der Waals surface area (Å²) in [4.78, 5) is 38.0. The standard InChI is InChI=1S/C31H36F3N5O2/c1-24(40)39-16-7-15-37(22-25-8-6-14-35-21-25)18-19-38(23-26-9-3-4-12-29(26)39)30(41)13-17-36(2)28-11-5-10-27(20-28)31(32,33)34/h3-6,8-12,14,20-21H,7,13,15-19,22-23H2,1-2H3. The van der Waals surface area contributed by atoms with E-state index in [4.69, 9.17) is 0 Å². The van der Waals surface area contributed by atoms with Gasteiger partial charge < -0.3 is 14.7 Å². The highest BCUT2D eigenvalue weighted by Gasteiger charge is 2.30. The highest BCUT2D eigenvalue weighted by molar-refractivity contribution is 5.92. The largest absolute Gasteiger partial charge is 0.416 e. The van der Waals surface area contributed by atoms with Crippen LogP contribution in [0.3, 0.4) is 0 Å². The molecule has 1 aliphatic heterocycles. The summed E-state index contributed by atoms with van der Waals surface area (Å²) < 4.78 is 39.6. The van der Waals surface area contributed by atoms with Gasteiger partial charge in [-0.3, -0.25) is 19.5 Å². The molecule has 2 heterocycles. The summed E-state index contributed by atoms with van der Waals surface area (Å²) in [6, 6.07) is 16.7. The van der Waals surface area contributed by atoms with E-state index >= 15 is 0 Å². The quantitative estimate of drug-likeness (QED) is 0.409. The van der Waals surface area contributed by atoms with Crippen LogP contribution in [0.4, 0.5) is 24.5 Å². The molecule has 0 N–H and O–H groups in total. The van der Waals surface area contributed by atoms with Crippen molar-refractivity contribution in [3.05, 3.63) is 89.7 Å². The van der Waals surface area contributed by atoms with E-state index < -0.39 is 11.7 Å². The van der Waals surface area contributed by atoms with Gasteiger partial charge in [0.1, 0.15) is 0 Å². The molecule has 0 saturated carbocycles. The van der Waals surface area contributed by atoms with Crippen LogP contribution < -0.4 is 9.80 Å². The maximum atomic E-state index is 13.6. The van der Waals surface area contributed by atoms with Crippen LogP contribution in [-0.4, -0.2) is 66.4 Å². The highest BCUT2D eigenvalue weighted by Crippen LogP contribution is 2.31. The Hall–Kier alpha value is -3.92. The number of amides is 2. The molecule has 10 heteroatoms. The number of para-hydroxylation sites is 1. The van der Waals surface area contributed by atoms with Crippen LogP contribution in [0.1, 0.15) is 36.5 Å². The maximum absolute atomic E-state index is 13.6. The van der Waals surface area contributed by atoms with E-state index in [9.17, 15) is 22.8 Å². The number of alkyl halides is 3. The number of carbonyl (C=O) groups excluding carboxylic acids is 2. The summed E-state index contributed by atoms with van der Waals surface area (Å²) in [5, 5.41) is 0. The zero-order chi connectivity index (χ0) is 29.4. The Morgan fingerprint density at radius 1 is 0.976 bits per heavy atom. The van der Waals surface area contributed by atoms with Gasteiger partial charge in [-0.15, -0.1) is 0 Å². The number of hydrogen-bond acceptors (Lipinski definition) is 5. The molecule has 0 bridgehead atoms. The Labute approximate surface area is 239 Å². The number of hydrogen-bond donors (Lipinski definition) is 0. The van der Waals surface area contributed by atoms with Gasteiger partial charge in [0, 0.05) is 90.0 Å². The molecule has 0 aliphatic carbocycles. The molecule has 2 aromatic carbocycles. The third-order valence-corrected chi connectivity index (χ3v) is 7.32. The first-order valence-electron chi connectivity index (χ1n) is 13.8. The molecule has 0 atom stereocenters. The molecule has 218 valence electrons. The summed E-state index contributed by atoms with van der Waals surface area (Å²) in [7, 11) is 1.69. The molecule has 1 aromatic heterocycles. The number of carbonyl (C=O) groups is 2. The van der Waals surface area contributed by atoms with E-state index in [1.165, 1.54) is 6.07 Å². The van der Waals surface area contributed by atoms with E-state index in [0.717, 1.165) is 41.9 Å². The van der Waals surface area contributed by atoms with Gasteiger partial charge in [0.15, 0.2) is 0 Å². The molecule has 4 rings (SSSR count). The van der Waals surface area contributed by atoms with Gasteiger partial charge in [0.05, 0.1) is 5.56 Å². The fraction of sp³-hybridized carbons (Fsp3) is 0.387. The maximum Gasteiger partial charge on any atom is 0.416 e. The van der Waals surface area contributed by atoms with Crippen molar-refractivity contribution in [1.82, 2.24) is 14.8 Å². The van der Waals surface area contributed by atoms with Gasteiger partial charge >= 0.3 is 6.18 Å². The first kappa shape index (κ1) is 30.0. The molecule has 0 radical (unpaired) electrons. The molecule has 7 nitrogen and oxygen atoms in total. The van der Waals surface area contributed by atoms with Crippen molar-refractivity contribution in [1.29, 1.82) is 0 Å². The van der Waals surface area contributed by atoms with Crippen LogP contribution in [0.15, 0.2) is 73.1 Å². The predicted octanol–water partition coefficient (Wildman–Crippen LogP) is 5.21. The van der Waals surface area contributed by atoms with Crippen molar-refractivity contribution in [3.63, 3.8) is 0 Å². The number of halogens is 3. The lowest BCUT2D eigenvalue weighted by Crippen LogP contribution is -2.39. The third-order valence-electron chi connectivity index (χ3n) is 7.32. The Balaban J connectivity index is 1.53. The minimum absolute atomic E-state index is 0.0592. The van der Waals surface area contributed by atoms with Gasteiger partial charge in [-0.05, 0) is 47.9 Å². The number of pyridine rings is 1. The van der Waals surface area contributed by atoms with Gasteiger partial charge in [-0.2, -0.15) is 13.2 Å². The van der Waals surface area contributed by atoms with Crippen molar-refractivity contribution in [3.8, 4) is 0 Å². The molecule has 3 aromatic rings. The highest BCUT2D eigenvalue weighted by atomic mass is 19.4. The second kappa shape index (κ2) is 13.6. The lowest BCUT2D eigenvalue weighted by molar-refractivity contribution is -0.137. The SMILES string of the molecule is CC(=O)N1CCCN(Cc2cccnc2)CCN(C(=O)CCN(C)c2cccc(C(F)(F)F)c2)Cc2ccccc21. The minimum Gasteiger partial charge on any atom is -0.374 e.